The summed E-state index contributed by atoms with van der Waals surface area (Å²) >= 11 is 0. The third-order valence-electron chi connectivity index (χ3n) is 1.99. The van der Waals surface area contributed by atoms with Crippen LogP contribution in [0.2, 0.25) is 0 Å². The van der Waals surface area contributed by atoms with Gasteiger partial charge in [-0.1, -0.05) is 12.1 Å². The maximum Gasteiger partial charge on any atom is 0.161 e. The fourth-order valence-corrected chi connectivity index (χ4v) is 1.31. The van der Waals surface area contributed by atoms with Crippen molar-refractivity contribution >= 4 is 0 Å². The lowest BCUT2D eigenvalue weighted by molar-refractivity contribution is 0.286. The smallest absolute Gasteiger partial charge is 0.161 e. The van der Waals surface area contributed by atoms with Gasteiger partial charge in [-0.2, -0.15) is 0 Å². The lowest BCUT2D eigenvalue weighted by Crippen LogP contribution is -1.95. The van der Waals surface area contributed by atoms with Crippen LogP contribution in [0.4, 0.5) is 0 Å². The van der Waals surface area contributed by atoms with Gasteiger partial charge in [0.15, 0.2) is 11.5 Å². The Kier molecular flexibility index (Phi) is 4.26. The minimum atomic E-state index is 0.137. The summed E-state index contributed by atoms with van der Waals surface area (Å²) < 4.78 is 5.24. The number of hydrogen-bond acceptors (Lipinski definition) is 3. The molecule has 0 amide bonds. The van der Waals surface area contributed by atoms with Gasteiger partial charge in [0.25, 0.3) is 0 Å². The zero-order valence-corrected chi connectivity index (χ0v) is 8.36. The van der Waals surface area contributed by atoms with Crippen LogP contribution >= 0.6 is 0 Å². The fourth-order valence-electron chi connectivity index (χ4n) is 1.31. The van der Waals surface area contributed by atoms with Gasteiger partial charge >= 0.3 is 0 Å². The number of aliphatic hydroxyl groups is 1. The highest BCUT2D eigenvalue weighted by Crippen LogP contribution is 2.30. The van der Waals surface area contributed by atoms with Gasteiger partial charge in [0.1, 0.15) is 0 Å². The van der Waals surface area contributed by atoms with E-state index < -0.39 is 0 Å². The summed E-state index contributed by atoms with van der Waals surface area (Å²) in [5, 5.41) is 18.4. The molecule has 0 heterocycles. The second kappa shape index (κ2) is 5.50. The summed E-state index contributed by atoms with van der Waals surface area (Å²) in [5.74, 6) is 0.714. The van der Waals surface area contributed by atoms with E-state index in [4.69, 9.17) is 9.84 Å². The quantitative estimate of drug-likeness (QED) is 0.753. The number of phenols is 1. The minimum absolute atomic E-state index is 0.137. The monoisotopic (exact) mass is 196 g/mol. The van der Waals surface area contributed by atoms with E-state index in [9.17, 15) is 5.11 Å². The number of aliphatic hydroxyl groups excluding tert-OH is 1. The van der Waals surface area contributed by atoms with E-state index in [1.165, 1.54) is 0 Å². The van der Waals surface area contributed by atoms with Crippen LogP contribution < -0.4 is 4.74 Å². The molecule has 0 fully saturated rings. The summed E-state index contributed by atoms with van der Waals surface area (Å²) in [6.45, 7) is 2.55. The molecule has 0 atom stereocenters. The number of ether oxygens (including phenoxy) is 1. The molecule has 0 unspecified atom stereocenters. The molecule has 1 aromatic carbocycles. The van der Waals surface area contributed by atoms with Crippen molar-refractivity contribution in [2.75, 3.05) is 13.2 Å². The molecule has 0 saturated carbocycles. The van der Waals surface area contributed by atoms with Gasteiger partial charge in [0.05, 0.1) is 6.61 Å². The zero-order chi connectivity index (χ0) is 10.4. The number of phenolic OH excluding ortho intramolecular Hbond substituents is 1. The first-order valence-corrected chi connectivity index (χ1v) is 4.84. The molecule has 0 aliphatic heterocycles. The third kappa shape index (κ3) is 2.64. The Morgan fingerprint density at radius 2 is 2.14 bits per heavy atom. The Labute approximate surface area is 84.0 Å². The molecule has 0 saturated heterocycles. The lowest BCUT2D eigenvalue weighted by Gasteiger charge is -2.09. The molecule has 3 heteroatoms. The SMILES string of the molecule is CCOc1cccc(CCCO)c1O. The second-order valence-corrected chi connectivity index (χ2v) is 3.02. The molecule has 0 bridgehead atoms. The highest BCUT2D eigenvalue weighted by molar-refractivity contribution is 5.45. The zero-order valence-electron chi connectivity index (χ0n) is 8.36. The predicted octanol–water partition coefficient (Wildman–Crippen LogP) is 1.72. The molecular formula is C11H16O3. The Bertz CT molecular complexity index is 284. The topological polar surface area (TPSA) is 49.7 Å². The van der Waals surface area contributed by atoms with E-state index in [-0.39, 0.29) is 12.4 Å². The van der Waals surface area contributed by atoms with Gasteiger partial charge < -0.3 is 14.9 Å². The van der Waals surface area contributed by atoms with Crippen LogP contribution in [-0.4, -0.2) is 23.4 Å². The number of rotatable bonds is 5. The first-order chi connectivity index (χ1) is 6.79. The van der Waals surface area contributed by atoms with E-state index >= 15 is 0 Å². The van der Waals surface area contributed by atoms with Crippen LogP contribution in [-0.2, 0) is 6.42 Å². The van der Waals surface area contributed by atoms with Crippen molar-refractivity contribution in [3.05, 3.63) is 23.8 Å². The number of hydrogen-bond donors (Lipinski definition) is 2. The maximum atomic E-state index is 9.74. The van der Waals surface area contributed by atoms with Crippen LogP contribution in [0.15, 0.2) is 18.2 Å². The Balaban J connectivity index is 2.78. The number of aryl methyl sites for hydroxylation is 1. The van der Waals surface area contributed by atoms with Crippen LogP contribution in [0.3, 0.4) is 0 Å². The van der Waals surface area contributed by atoms with Crippen LogP contribution in [0.25, 0.3) is 0 Å². The van der Waals surface area contributed by atoms with Crippen molar-refractivity contribution < 1.29 is 14.9 Å². The first-order valence-electron chi connectivity index (χ1n) is 4.84. The average Bonchev–Trinajstić information content (AvgIpc) is 2.20. The Morgan fingerprint density at radius 3 is 2.79 bits per heavy atom. The van der Waals surface area contributed by atoms with Gasteiger partial charge in [-0.25, -0.2) is 0 Å². The molecular weight excluding hydrogens is 180 g/mol. The molecule has 0 aromatic heterocycles. The summed E-state index contributed by atoms with van der Waals surface area (Å²) in [7, 11) is 0. The van der Waals surface area contributed by atoms with Crippen LogP contribution in [0.1, 0.15) is 18.9 Å². The molecule has 0 aliphatic rings. The van der Waals surface area contributed by atoms with E-state index in [0.717, 1.165) is 5.56 Å². The van der Waals surface area contributed by atoms with Crippen molar-refractivity contribution in [1.29, 1.82) is 0 Å². The van der Waals surface area contributed by atoms with Gasteiger partial charge in [0, 0.05) is 6.61 Å². The van der Waals surface area contributed by atoms with Gasteiger partial charge in [-0.3, -0.25) is 0 Å². The Morgan fingerprint density at radius 1 is 1.36 bits per heavy atom. The first kappa shape index (κ1) is 10.9. The molecule has 1 aromatic rings. The lowest BCUT2D eigenvalue weighted by atomic mass is 10.1. The molecule has 14 heavy (non-hydrogen) atoms. The van der Waals surface area contributed by atoms with Crippen molar-refractivity contribution in [1.82, 2.24) is 0 Å². The maximum absolute atomic E-state index is 9.74. The highest BCUT2D eigenvalue weighted by Gasteiger charge is 2.06. The number of aromatic hydroxyl groups is 1. The van der Waals surface area contributed by atoms with Crippen molar-refractivity contribution in [2.45, 2.75) is 19.8 Å². The van der Waals surface area contributed by atoms with E-state index in [0.29, 0.717) is 25.2 Å². The predicted molar refractivity (Wildman–Crippen MR) is 54.7 cm³/mol. The second-order valence-electron chi connectivity index (χ2n) is 3.02. The molecule has 3 nitrogen and oxygen atoms in total. The summed E-state index contributed by atoms with van der Waals surface area (Å²) in [6, 6.07) is 5.42. The van der Waals surface area contributed by atoms with E-state index in [1.807, 2.05) is 19.1 Å². The third-order valence-corrected chi connectivity index (χ3v) is 1.99. The molecule has 0 spiro atoms. The minimum Gasteiger partial charge on any atom is -0.504 e. The molecule has 0 aliphatic carbocycles. The average molecular weight is 196 g/mol. The molecule has 0 radical (unpaired) electrons. The summed E-state index contributed by atoms with van der Waals surface area (Å²) in [4.78, 5) is 0. The number of benzene rings is 1. The van der Waals surface area contributed by atoms with Gasteiger partial charge in [0.2, 0.25) is 0 Å². The largest absolute Gasteiger partial charge is 0.504 e. The highest BCUT2D eigenvalue weighted by atomic mass is 16.5. The summed E-state index contributed by atoms with van der Waals surface area (Å²) in [5.41, 5.74) is 0.824. The normalized spacial score (nSPS) is 10.1. The molecule has 1 rings (SSSR count). The fraction of sp³-hybridized carbons (Fsp3) is 0.455. The van der Waals surface area contributed by atoms with Gasteiger partial charge in [-0.15, -0.1) is 0 Å². The molecule has 2 N–H and O–H groups in total. The van der Waals surface area contributed by atoms with Crippen LogP contribution in [0, 0.1) is 0 Å². The van der Waals surface area contributed by atoms with Crippen molar-refractivity contribution in [2.24, 2.45) is 0 Å². The van der Waals surface area contributed by atoms with Crippen molar-refractivity contribution in [3.63, 3.8) is 0 Å². The Hall–Kier alpha value is -1.22. The summed E-state index contributed by atoms with van der Waals surface area (Å²) in [6.07, 6.45) is 1.33. The molecule has 78 valence electrons. The van der Waals surface area contributed by atoms with E-state index in [2.05, 4.69) is 0 Å². The number of para-hydroxylation sites is 1. The van der Waals surface area contributed by atoms with Gasteiger partial charge in [-0.05, 0) is 31.4 Å². The standard InChI is InChI=1S/C11H16O3/c1-2-14-10-7-3-5-9(11(10)13)6-4-8-12/h3,5,7,12-13H,2,4,6,8H2,1H3. The van der Waals surface area contributed by atoms with Crippen molar-refractivity contribution in [3.8, 4) is 11.5 Å². The van der Waals surface area contributed by atoms with Crippen LogP contribution in [0.5, 0.6) is 11.5 Å². The van der Waals surface area contributed by atoms with E-state index in [1.54, 1.807) is 6.07 Å².